The number of benzene rings is 3. The third-order valence-corrected chi connectivity index (χ3v) is 6.28. The van der Waals surface area contributed by atoms with Crippen molar-refractivity contribution in [3.05, 3.63) is 70.8 Å². The number of methoxy groups -OCH3 is 1. The summed E-state index contributed by atoms with van der Waals surface area (Å²) in [4.78, 5) is 22.8. The van der Waals surface area contributed by atoms with Gasteiger partial charge in [0.25, 0.3) is 15.7 Å². The van der Waals surface area contributed by atoms with E-state index in [9.17, 15) is 23.3 Å². The number of nitro benzene ring substituents is 1. The zero-order valence-electron chi connectivity index (χ0n) is 16.8. The maximum atomic E-state index is 13.6. The van der Waals surface area contributed by atoms with Gasteiger partial charge in [0.2, 0.25) is 0 Å². The number of non-ortho nitro benzene ring substituents is 1. The molecule has 9 nitrogen and oxygen atoms in total. The lowest BCUT2D eigenvalue weighted by Crippen LogP contribution is -2.37. The molecule has 0 amide bonds. The van der Waals surface area contributed by atoms with E-state index in [0.29, 0.717) is 5.39 Å². The first-order valence-corrected chi connectivity index (χ1v) is 10.7. The SMILES string of the molecule is CCOC(=O)CN(c1cc([N+](=O)[O-])ccc1OC)S(=O)(=O)c1ccc2ccccc2c1. The van der Waals surface area contributed by atoms with Crippen molar-refractivity contribution in [2.75, 3.05) is 24.6 Å². The van der Waals surface area contributed by atoms with E-state index in [-0.39, 0.29) is 28.6 Å². The molecule has 0 bridgehead atoms. The zero-order valence-corrected chi connectivity index (χ0v) is 17.7. The first kappa shape index (κ1) is 22.0. The number of sulfonamides is 1. The summed E-state index contributed by atoms with van der Waals surface area (Å²) in [6.45, 7) is 0.962. The molecule has 0 aliphatic rings. The summed E-state index contributed by atoms with van der Waals surface area (Å²) in [5, 5.41) is 12.8. The lowest BCUT2D eigenvalue weighted by atomic mass is 10.1. The van der Waals surface area contributed by atoms with Gasteiger partial charge in [-0.25, -0.2) is 8.42 Å². The second-order valence-electron chi connectivity index (χ2n) is 6.44. The average molecular weight is 444 g/mol. The second kappa shape index (κ2) is 9.00. The highest BCUT2D eigenvalue weighted by molar-refractivity contribution is 7.92. The minimum Gasteiger partial charge on any atom is -0.495 e. The Kier molecular flexibility index (Phi) is 6.40. The molecule has 0 unspecified atom stereocenters. The van der Waals surface area contributed by atoms with Crippen LogP contribution in [0.5, 0.6) is 5.75 Å². The fourth-order valence-corrected chi connectivity index (χ4v) is 4.51. The molecule has 0 spiro atoms. The lowest BCUT2D eigenvalue weighted by molar-refractivity contribution is -0.384. The van der Waals surface area contributed by atoms with Crippen molar-refractivity contribution in [3.63, 3.8) is 0 Å². The zero-order chi connectivity index (χ0) is 22.6. The van der Waals surface area contributed by atoms with Gasteiger partial charge in [0.15, 0.2) is 0 Å². The number of nitrogens with zero attached hydrogens (tertiary/aromatic N) is 2. The number of rotatable bonds is 8. The van der Waals surface area contributed by atoms with Crippen LogP contribution in [0.15, 0.2) is 65.6 Å². The van der Waals surface area contributed by atoms with Gasteiger partial charge in [0, 0.05) is 12.1 Å². The van der Waals surface area contributed by atoms with Crippen molar-refractivity contribution in [2.24, 2.45) is 0 Å². The predicted molar refractivity (Wildman–Crippen MR) is 115 cm³/mol. The predicted octanol–water partition coefficient (Wildman–Crippen LogP) is 3.52. The number of fused-ring (bicyclic) bond motifs is 1. The molecule has 0 aliphatic heterocycles. The molecule has 31 heavy (non-hydrogen) atoms. The van der Waals surface area contributed by atoms with Gasteiger partial charge in [-0.1, -0.05) is 30.3 Å². The molecule has 0 aromatic heterocycles. The number of hydrogen-bond donors (Lipinski definition) is 0. The van der Waals surface area contributed by atoms with Gasteiger partial charge in [0.05, 0.1) is 23.5 Å². The van der Waals surface area contributed by atoms with E-state index >= 15 is 0 Å². The molecule has 10 heteroatoms. The summed E-state index contributed by atoms with van der Waals surface area (Å²) in [6.07, 6.45) is 0. The fourth-order valence-electron chi connectivity index (χ4n) is 3.07. The van der Waals surface area contributed by atoms with E-state index in [1.54, 1.807) is 25.1 Å². The van der Waals surface area contributed by atoms with Crippen molar-refractivity contribution in [3.8, 4) is 5.75 Å². The van der Waals surface area contributed by atoms with Crippen LogP contribution < -0.4 is 9.04 Å². The molecular weight excluding hydrogens is 424 g/mol. The largest absolute Gasteiger partial charge is 0.495 e. The van der Waals surface area contributed by atoms with Crippen LogP contribution in [0.25, 0.3) is 10.8 Å². The molecule has 0 fully saturated rings. The van der Waals surface area contributed by atoms with E-state index in [1.807, 2.05) is 12.1 Å². The number of anilines is 1. The number of nitro groups is 1. The van der Waals surface area contributed by atoms with Crippen LogP contribution in [-0.4, -0.2) is 39.6 Å². The number of esters is 1. The minimum absolute atomic E-state index is 0.0504. The Balaban J connectivity index is 2.19. The summed E-state index contributed by atoms with van der Waals surface area (Å²) < 4.78 is 38.0. The van der Waals surface area contributed by atoms with Crippen molar-refractivity contribution in [2.45, 2.75) is 11.8 Å². The van der Waals surface area contributed by atoms with E-state index in [2.05, 4.69) is 0 Å². The maximum absolute atomic E-state index is 13.6. The molecule has 3 rings (SSSR count). The summed E-state index contributed by atoms with van der Waals surface area (Å²) in [5.74, 6) is -0.750. The third-order valence-electron chi connectivity index (χ3n) is 4.53. The molecule has 0 atom stereocenters. The average Bonchev–Trinajstić information content (AvgIpc) is 2.76. The van der Waals surface area contributed by atoms with Crippen LogP contribution in [-0.2, 0) is 19.6 Å². The summed E-state index contributed by atoms with van der Waals surface area (Å²) in [5.41, 5.74) is -0.490. The summed E-state index contributed by atoms with van der Waals surface area (Å²) >= 11 is 0. The Hall–Kier alpha value is -3.66. The lowest BCUT2D eigenvalue weighted by Gasteiger charge is -2.25. The number of carbonyl (C=O) groups excluding carboxylic acids is 1. The van der Waals surface area contributed by atoms with Gasteiger partial charge in [-0.3, -0.25) is 19.2 Å². The van der Waals surface area contributed by atoms with Crippen LogP contribution in [0.4, 0.5) is 11.4 Å². The molecule has 0 N–H and O–H groups in total. The topological polar surface area (TPSA) is 116 Å². The molecule has 0 aliphatic carbocycles. The maximum Gasteiger partial charge on any atom is 0.326 e. The van der Waals surface area contributed by atoms with Gasteiger partial charge in [-0.05, 0) is 35.9 Å². The Morgan fingerprint density at radius 2 is 1.77 bits per heavy atom. The fraction of sp³-hybridized carbons (Fsp3) is 0.190. The van der Waals surface area contributed by atoms with E-state index in [0.717, 1.165) is 15.8 Å². The molecule has 0 heterocycles. The Morgan fingerprint density at radius 1 is 1.06 bits per heavy atom. The minimum atomic E-state index is -4.30. The van der Waals surface area contributed by atoms with Crippen LogP contribution >= 0.6 is 0 Å². The van der Waals surface area contributed by atoms with Crippen LogP contribution in [0.3, 0.4) is 0 Å². The van der Waals surface area contributed by atoms with Gasteiger partial charge in [-0.15, -0.1) is 0 Å². The first-order valence-electron chi connectivity index (χ1n) is 9.27. The van der Waals surface area contributed by atoms with Gasteiger partial charge in [-0.2, -0.15) is 0 Å². The Labute approximate surface area is 179 Å². The highest BCUT2D eigenvalue weighted by Gasteiger charge is 2.31. The highest BCUT2D eigenvalue weighted by Crippen LogP contribution is 2.36. The highest BCUT2D eigenvalue weighted by atomic mass is 32.2. The van der Waals surface area contributed by atoms with Crippen LogP contribution in [0, 0.1) is 10.1 Å². The van der Waals surface area contributed by atoms with Crippen molar-refractivity contribution < 1.29 is 27.6 Å². The molecule has 0 saturated heterocycles. The van der Waals surface area contributed by atoms with Gasteiger partial charge < -0.3 is 9.47 Å². The molecule has 3 aromatic carbocycles. The van der Waals surface area contributed by atoms with Gasteiger partial charge in [0.1, 0.15) is 18.0 Å². The van der Waals surface area contributed by atoms with Gasteiger partial charge >= 0.3 is 5.97 Å². The quantitative estimate of drug-likeness (QED) is 0.296. The van der Waals surface area contributed by atoms with Crippen LogP contribution in [0.2, 0.25) is 0 Å². The Bertz CT molecular complexity index is 1240. The first-order chi connectivity index (χ1) is 14.8. The molecule has 0 radical (unpaired) electrons. The van der Waals surface area contributed by atoms with Crippen LogP contribution in [0.1, 0.15) is 6.92 Å². The van der Waals surface area contributed by atoms with E-state index < -0.39 is 27.5 Å². The number of ether oxygens (including phenoxy) is 2. The molecule has 162 valence electrons. The molecule has 3 aromatic rings. The molecular formula is C21H20N2O7S. The summed E-state index contributed by atoms with van der Waals surface area (Å²) in [6, 6.07) is 15.3. The van der Waals surface area contributed by atoms with E-state index in [4.69, 9.17) is 9.47 Å². The molecule has 0 saturated carbocycles. The monoisotopic (exact) mass is 444 g/mol. The number of carbonyl (C=O) groups is 1. The standard InChI is InChI=1S/C21H20N2O7S/c1-3-30-21(24)14-22(19-13-17(23(25)26)9-11-20(19)29-2)31(27,28)18-10-8-15-6-4-5-7-16(15)12-18/h4-13H,3,14H2,1-2H3. The smallest absolute Gasteiger partial charge is 0.326 e. The Morgan fingerprint density at radius 3 is 2.42 bits per heavy atom. The van der Waals surface area contributed by atoms with Crippen molar-refractivity contribution in [1.82, 2.24) is 0 Å². The summed E-state index contributed by atoms with van der Waals surface area (Å²) in [7, 11) is -3.00. The van der Waals surface area contributed by atoms with E-state index in [1.165, 1.54) is 31.4 Å². The van der Waals surface area contributed by atoms with Crippen molar-refractivity contribution >= 4 is 38.1 Å². The number of hydrogen-bond acceptors (Lipinski definition) is 7. The third kappa shape index (κ3) is 4.58. The van der Waals surface area contributed by atoms with Crippen molar-refractivity contribution in [1.29, 1.82) is 0 Å². The second-order valence-corrected chi connectivity index (χ2v) is 8.30. The normalized spacial score (nSPS) is 11.2.